The van der Waals surface area contributed by atoms with E-state index < -0.39 is 0 Å². The second kappa shape index (κ2) is 8.81. The van der Waals surface area contributed by atoms with Gasteiger partial charge < -0.3 is 14.8 Å². The van der Waals surface area contributed by atoms with Crippen LogP contribution in [0.1, 0.15) is 12.5 Å². The van der Waals surface area contributed by atoms with E-state index in [1.165, 1.54) is 0 Å². The normalized spacial score (nSPS) is 11.7. The van der Waals surface area contributed by atoms with Crippen LogP contribution < -0.4 is 14.8 Å². The Morgan fingerprint density at radius 1 is 1.12 bits per heavy atom. The standard InChI is InChI=1S/C18H19Cl2NO3/c1-12-5-3-4-6-16(12)23-10-13(2)21-18(22)11-24-17-8-7-14(19)9-15(17)20/h3-9,13H,10-11H2,1-2H3,(H,21,22). The number of ether oxygens (including phenoxy) is 2. The van der Waals surface area contributed by atoms with Crippen molar-refractivity contribution in [3.63, 3.8) is 0 Å². The van der Waals surface area contributed by atoms with Gasteiger partial charge in [-0.25, -0.2) is 0 Å². The van der Waals surface area contributed by atoms with Crippen LogP contribution in [0, 0.1) is 6.92 Å². The van der Waals surface area contributed by atoms with Gasteiger partial charge in [0.05, 0.1) is 11.1 Å². The molecule has 0 aliphatic carbocycles. The summed E-state index contributed by atoms with van der Waals surface area (Å²) in [6.45, 7) is 4.09. The van der Waals surface area contributed by atoms with Crippen LogP contribution in [0.25, 0.3) is 0 Å². The molecule has 0 saturated heterocycles. The highest BCUT2D eigenvalue weighted by Crippen LogP contribution is 2.27. The molecule has 0 spiro atoms. The number of aryl methyl sites for hydroxylation is 1. The maximum absolute atomic E-state index is 11.9. The topological polar surface area (TPSA) is 47.6 Å². The molecule has 0 aromatic heterocycles. The average Bonchev–Trinajstić information content (AvgIpc) is 2.53. The fraction of sp³-hybridized carbons (Fsp3) is 0.278. The van der Waals surface area contributed by atoms with Gasteiger partial charge in [0.15, 0.2) is 6.61 Å². The van der Waals surface area contributed by atoms with E-state index in [2.05, 4.69) is 5.32 Å². The highest BCUT2D eigenvalue weighted by molar-refractivity contribution is 6.35. The number of hydrogen-bond acceptors (Lipinski definition) is 3. The molecule has 0 aliphatic heterocycles. The van der Waals surface area contributed by atoms with E-state index in [4.69, 9.17) is 32.7 Å². The first-order valence-electron chi connectivity index (χ1n) is 7.51. The van der Waals surface area contributed by atoms with E-state index in [1.54, 1.807) is 18.2 Å². The third-order valence-electron chi connectivity index (χ3n) is 3.24. The van der Waals surface area contributed by atoms with Gasteiger partial charge in [-0.1, -0.05) is 41.4 Å². The maximum atomic E-state index is 11.9. The monoisotopic (exact) mass is 367 g/mol. The number of carbonyl (C=O) groups is 1. The quantitative estimate of drug-likeness (QED) is 0.794. The highest BCUT2D eigenvalue weighted by Gasteiger charge is 2.11. The molecule has 0 bridgehead atoms. The first-order valence-corrected chi connectivity index (χ1v) is 8.27. The molecule has 2 aromatic rings. The number of amides is 1. The smallest absolute Gasteiger partial charge is 0.258 e. The maximum Gasteiger partial charge on any atom is 0.258 e. The zero-order valence-electron chi connectivity index (χ0n) is 13.5. The number of carbonyl (C=O) groups excluding carboxylic acids is 1. The zero-order valence-corrected chi connectivity index (χ0v) is 15.0. The van der Waals surface area contributed by atoms with Crippen molar-refractivity contribution in [1.82, 2.24) is 5.32 Å². The van der Waals surface area contributed by atoms with Crippen LogP contribution in [0.4, 0.5) is 0 Å². The van der Waals surface area contributed by atoms with Crippen LogP contribution in [0.3, 0.4) is 0 Å². The summed E-state index contributed by atoms with van der Waals surface area (Å²) in [5.41, 5.74) is 1.05. The largest absolute Gasteiger partial charge is 0.491 e. The average molecular weight is 368 g/mol. The lowest BCUT2D eigenvalue weighted by atomic mass is 10.2. The molecule has 1 unspecified atom stereocenters. The van der Waals surface area contributed by atoms with Gasteiger partial charge in [-0.05, 0) is 43.7 Å². The number of nitrogens with one attached hydrogen (secondary N) is 1. The Morgan fingerprint density at radius 3 is 2.58 bits per heavy atom. The molecule has 0 fully saturated rings. The molecular weight excluding hydrogens is 349 g/mol. The van der Waals surface area contributed by atoms with E-state index in [0.29, 0.717) is 22.4 Å². The minimum absolute atomic E-state index is 0.129. The highest BCUT2D eigenvalue weighted by atomic mass is 35.5. The summed E-state index contributed by atoms with van der Waals surface area (Å²) in [5.74, 6) is 0.977. The Hall–Kier alpha value is -1.91. The Bertz CT molecular complexity index is 706. The summed E-state index contributed by atoms with van der Waals surface area (Å²) in [4.78, 5) is 11.9. The lowest BCUT2D eigenvalue weighted by Crippen LogP contribution is -2.39. The van der Waals surface area contributed by atoms with Crippen molar-refractivity contribution in [2.45, 2.75) is 19.9 Å². The summed E-state index contributed by atoms with van der Waals surface area (Å²) in [7, 11) is 0. The van der Waals surface area contributed by atoms with Crippen LogP contribution in [0.5, 0.6) is 11.5 Å². The molecular formula is C18H19Cl2NO3. The van der Waals surface area contributed by atoms with E-state index in [0.717, 1.165) is 11.3 Å². The number of hydrogen-bond donors (Lipinski definition) is 1. The Labute approximate surface area is 151 Å². The molecule has 0 heterocycles. The van der Waals surface area contributed by atoms with Crippen molar-refractivity contribution in [1.29, 1.82) is 0 Å². The molecule has 0 radical (unpaired) electrons. The minimum Gasteiger partial charge on any atom is -0.491 e. The zero-order chi connectivity index (χ0) is 17.5. The van der Waals surface area contributed by atoms with E-state index in [9.17, 15) is 4.79 Å². The van der Waals surface area contributed by atoms with Gasteiger partial charge in [-0.15, -0.1) is 0 Å². The number of rotatable bonds is 7. The SMILES string of the molecule is Cc1ccccc1OCC(C)NC(=O)COc1ccc(Cl)cc1Cl. The summed E-state index contributed by atoms with van der Waals surface area (Å²) < 4.78 is 11.1. The fourth-order valence-electron chi connectivity index (χ4n) is 2.03. The summed E-state index contributed by atoms with van der Waals surface area (Å²) in [5, 5.41) is 3.69. The molecule has 128 valence electrons. The number of benzene rings is 2. The van der Waals surface area contributed by atoms with Crippen LogP contribution in [0.2, 0.25) is 10.0 Å². The van der Waals surface area contributed by atoms with Crippen molar-refractivity contribution in [3.05, 3.63) is 58.1 Å². The molecule has 2 aromatic carbocycles. The molecule has 0 saturated carbocycles. The lowest BCUT2D eigenvalue weighted by Gasteiger charge is -2.16. The van der Waals surface area contributed by atoms with Gasteiger partial charge in [0.25, 0.3) is 5.91 Å². The molecule has 6 heteroatoms. The first kappa shape index (κ1) is 18.4. The van der Waals surface area contributed by atoms with Crippen LogP contribution >= 0.6 is 23.2 Å². The molecule has 0 aliphatic rings. The van der Waals surface area contributed by atoms with E-state index in [1.807, 2.05) is 38.1 Å². The second-order valence-electron chi connectivity index (χ2n) is 5.41. The number of halogens is 2. The predicted octanol–water partition coefficient (Wildman–Crippen LogP) is 4.26. The Kier molecular flexibility index (Phi) is 6.76. The van der Waals surface area contributed by atoms with Crippen molar-refractivity contribution >= 4 is 29.1 Å². The van der Waals surface area contributed by atoms with E-state index >= 15 is 0 Å². The van der Waals surface area contributed by atoms with Gasteiger partial charge in [-0.3, -0.25) is 4.79 Å². The van der Waals surface area contributed by atoms with Gasteiger partial charge in [0.1, 0.15) is 18.1 Å². The predicted molar refractivity (Wildman–Crippen MR) is 96.2 cm³/mol. The van der Waals surface area contributed by atoms with Crippen molar-refractivity contribution in [3.8, 4) is 11.5 Å². The van der Waals surface area contributed by atoms with Crippen LogP contribution in [0.15, 0.2) is 42.5 Å². The van der Waals surface area contributed by atoms with Gasteiger partial charge >= 0.3 is 0 Å². The van der Waals surface area contributed by atoms with Crippen molar-refractivity contribution < 1.29 is 14.3 Å². The molecule has 2 rings (SSSR count). The van der Waals surface area contributed by atoms with Gasteiger partial charge in [0.2, 0.25) is 0 Å². The third-order valence-corrected chi connectivity index (χ3v) is 3.77. The van der Waals surface area contributed by atoms with Gasteiger partial charge in [0, 0.05) is 5.02 Å². The minimum atomic E-state index is -0.248. The molecule has 24 heavy (non-hydrogen) atoms. The molecule has 4 nitrogen and oxygen atoms in total. The summed E-state index contributed by atoms with van der Waals surface area (Å²) >= 11 is 11.8. The third kappa shape index (κ3) is 5.62. The van der Waals surface area contributed by atoms with Crippen LogP contribution in [-0.4, -0.2) is 25.2 Å². The summed E-state index contributed by atoms with van der Waals surface area (Å²) in [6, 6.07) is 12.4. The van der Waals surface area contributed by atoms with Crippen molar-refractivity contribution in [2.24, 2.45) is 0 Å². The first-order chi connectivity index (χ1) is 11.5. The molecule has 1 amide bonds. The lowest BCUT2D eigenvalue weighted by molar-refractivity contribution is -0.123. The Balaban J connectivity index is 1.76. The van der Waals surface area contributed by atoms with Crippen LogP contribution in [-0.2, 0) is 4.79 Å². The fourth-order valence-corrected chi connectivity index (χ4v) is 2.49. The van der Waals surface area contributed by atoms with E-state index in [-0.39, 0.29) is 18.6 Å². The molecule has 1 N–H and O–H groups in total. The van der Waals surface area contributed by atoms with Crippen molar-refractivity contribution in [2.75, 3.05) is 13.2 Å². The number of para-hydroxylation sites is 1. The second-order valence-corrected chi connectivity index (χ2v) is 6.25. The Morgan fingerprint density at radius 2 is 1.88 bits per heavy atom. The van der Waals surface area contributed by atoms with Gasteiger partial charge in [-0.2, -0.15) is 0 Å². The molecule has 1 atom stereocenters. The summed E-state index contributed by atoms with van der Waals surface area (Å²) in [6.07, 6.45) is 0.